The Bertz CT molecular complexity index is 451. The van der Waals surface area contributed by atoms with Gasteiger partial charge in [-0.25, -0.2) is 0 Å². The number of aliphatic carboxylic acids is 1. The van der Waals surface area contributed by atoms with Crippen molar-refractivity contribution in [3.63, 3.8) is 0 Å². The second kappa shape index (κ2) is 3.84. The van der Waals surface area contributed by atoms with Gasteiger partial charge < -0.3 is 10.4 Å². The number of carbonyl (C=O) groups is 1. The van der Waals surface area contributed by atoms with Gasteiger partial charge in [-0.15, -0.1) is 0 Å². The smallest absolute Gasteiger partial charge is 0.323 e. The predicted molar refractivity (Wildman–Crippen MR) is 65.1 cm³/mol. The monoisotopic (exact) mass is 231 g/mol. The summed E-state index contributed by atoms with van der Waals surface area (Å²) in [5, 5.41) is 12.5. The molecule has 1 aromatic rings. The minimum atomic E-state index is -0.684. The van der Waals surface area contributed by atoms with Crippen molar-refractivity contribution >= 4 is 5.97 Å². The molecule has 1 unspecified atom stereocenters. The van der Waals surface area contributed by atoms with E-state index in [0.29, 0.717) is 5.92 Å². The molecule has 90 valence electrons. The Morgan fingerprint density at radius 1 is 1.41 bits per heavy atom. The highest BCUT2D eigenvalue weighted by molar-refractivity contribution is 5.80. The summed E-state index contributed by atoms with van der Waals surface area (Å²) in [5.74, 6) is -0.181. The summed E-state index contributed by atoms with van der Waals surface area (Å²) in [6.45, 7) is 0.795. The van der Waals surface area contributed by atoms with Crippen LogP contribution in [0, 0.1) is 0 Å². The predicted octanol–water partition coefficient (Wildman–Crippen LogP) is 1.92. The van der Waals surface area contributed by atoms with E-state index >= 15 is 0 Å². The minimum Gasteiger partial charge on any atom is -0.480 e. The van der Waals surface area contributed by atoms with Crippen LogP contribution in [-0.4, -0.2) is 23.2 Å². The van der Waals surface area contributed by atoms with Crippen molar-refractivity contribution in [3.8, 4) is 0 Å². The number of carboxylic acid groups (broad SMARTS) is 1. The molecule has 3 nitrogen and oxygen atoms in total. The molecule has 2 N–H and O–H groups in total. The summed E-state index contributed by atoms with van der Waals surface area (Å²) in [5.41, 5.74) is 2.18. The zero-order valence-corrected chi connectivity index (χ0v) is 9.78. The molecule has 2 aliphatic carbocycles. The molecule has 1 aromatic carbocycles. The van der Waals surface area contributed by atoms with E-state index in [1.54, 1.807) is 0 Å². The zero-order valence-electron chi connectivity index (χ0n) is 9.78. The Morgan fingerprint density at radius 3 is 2.76 bits per heavy atom. The Labute approximate surface area is 101 Å². The first kappa shape index (κ1) is 10.8. The molecular weight excluding hydrogens is 214 g/mol. The summed E-state index contributed by atoms with van der Waals surface area (Å²) in [6.07, 6.45) is 3.66. The SMILES string of the molecule is O=C(O)C1(NCC2Cc3ccccc32)CCC1. The quantitative estimate of drug-likeness (QED) is 0.832. The maximum atomic E-state index is 11.2. The molecule has 2 aliphatic rings. The van der Waals surface area contributed by atoms with Crippen LogP contribution in [0.3, 0.4) is 0 Å². The van der Waals surface area contributed by atoms with Crippen LogP contribution in [0.25, 0.3) is 0 Å². The number of carboxylic acids is 1. The van der Waals surface area contributed by atoms with E-state index in [1.165, 1.54) is 11.1 Å². The lowest BCUT2D eigenvalue weighted by molar-refractivity contribution is -0.148. The fraction of sp³-hybridized carbons (Fsp3) is 0.500. The van der Waals surface area contributed by atoms with Crippen LogP contribution in [0.2, 0.25) is 0 Å². The second-order valence-electron chi connectivity index (χ2n) is 5.22. The number of nitrogens with one attached hydrogen (secondary N) is 1. The Hall–Kier alpha value is -1.35. The van der Waals surface area contributed by atoms with Gasteiger partial charge >= 0.3 is 5.97 Å². The van der Waals surface area contributed by atoms with Crippen LogP contribution in [0.1, 0.15) is 36.3 Å². The van der Waals surface area contributed by atoms with Gasteiger partial charge in [0, 0.05) is 12.5 Å². The minimum absolute atomic E-state index is 0.503. The highest BCUT2D eigenvalue weighted by Crippen LogP contribution is 2.37. The second-order valence-corrected chi connectivity index (χ2v) is 5.22. The average Bonchev–Trinajstić information content (AvgIpc) is 2.22. The van der Waals surface area contributed by atoms with Crippen molar-refractivity contribution in [2.24, 2.45) is 0 Å². The van der Waals surface area contributed by atoms with E-state index in [9.17, 15) is 9.90 Å². The van der Waals surface area contributed by atoms with Crippen molar-refractivity contribution in [2.45, 2.75) is 37.1 Å². The van der Waals surface area contributed by atoms with Crippen LogP contribution in [-0.2, 0) is 11.2 Å². The lowest BCUT2D eigenvalue weighted by Crippen LogP contribution is -2.58. The van der Waals surface area contributed by atoms with Crippen molar-refractivity contribution in [1.29, 1.82) is 0 Å². The Kier molecular flexibility index (Phi) is 2.44. The third-order valence-electron chi connectivity index (χ3n) is 4.26. The fourth-order valence-electron chi connectivity index (χ4n) is 2.86. The van der Waals surface area contributed by atoms with E-state index in [4.69, 9.17) is 0 Å². The van der Waals surface area contributed by atoms with Crippen molar-refractivity contribution in [3.05, 3.63) is 35.4 Å². The van der Waals surface area contributed by atoms with Gasteiger partial charge in [0.15, 0.2) is 0 Å². The molecule has 17 heavy (non-hydrogen) atoms. The summed E-state index contributed by atoms with van der Waals surface area (Å²) in [7, 11) is 0. The lowest BCUT2D eigenvalue weighted by Gasteiger charge is -2.41. The van der Waals surface area contributed by atoms with Crippen LogP contribution in [0.4, 0.5) is 0 Å². The summed E-state index contributed by atoms with van der Waals surface area (Å²) in [4.78, 5) is 11.2. The Balaban J connectivity index is 1.62. The third kappa shape index (κ3) is 1.65. The normalized spacial score (nSPS) is 24.4. The molecule has 3 heteroatoms. The van der Waals surface area contributed by atoms with E-state index in [1.807, 2.05) is 0 Å². The van der Waals surface area contributed by atoms with Gasteiger partial charge in [0.1, 0.15) is 5.54 Å². The van der Waals surface area contributed by atoms with Crippen molar-refractivity contribution < 1.29 is 9.90 Å². The van der Waals surface area contributed by atoms with Crippen LogP contribution >= 0.6 is 0 Å². The van der Waals surface area contributed by atoms with Gasteiger partial charge in [0.25, 0.3) is 0 Å². The van der Waals surface area contributed by atoms with E-state index < -0.39 is 11.5 Å². The van der Waals surface area contributed by atoms with Gasteiger partial charge in [-0.2, -0.15) is 0 Å². The third-order valence-corrected chi connectivity index (χ3v) is 4.26. The number of hydrogen-bond acceptors (Lipinski definition) is 2. The van der Waals surface area contributed by atoms with Crippen LogP contribution < -0.4 is 5.32 Å². The molecule has 0 heterocycles. The number of benzene rings is 1. The summed E-state index contributed by atoms with van der Waals surface area (Å²) in [6, 6.07) is 8.43. The van der Waals surface area contributed by atoms with Crippen molar-refractivity contribution in [1.82, 2.24) is 5.32 Å². The van der Waals surface area contributed by atoms with E-state index in [2.05, 4.69) is 29.6 Å². The molecule has 0 saturated heterocycles. The maximum absolute atomic E-state index is 11.2. The number of rotatable bonds is 4. The number of fused-ring (bicyclic) bond motifs is 1. The van der Waals surface area contributed by atoms with Crippen LogP contribution in [0.5, 0.6) is 0 Å². The molecule has 1 saturated carbocycles. The molecule has 1 fully saturated rings. The average molecular weight is 231 g/mol. The van der Waals surface area contributed by atoms with Crippen LogP contribution in [0.15, 0.2) is 24.3 Å². The molecule has 0 bridgehead atoms. The van der Waals surface area contributed by atoms with Crippen molar-refractivity contribution in [2.75, 3.05) is 6.54 Å². The first-order valence-corrected chi connectivity index (χ1v) is 6.27. The summed E-state index contributed by atoms with van der Waals surface area (Å²) >= 11 is 0. The highest BCUT2D eigenvalue weighted by atomic mass is 16.4. The lowest BCUT2D eigenvalue weighted by atomic mass is 9.74. The molecule has 0 radical (unpaired) electrons. The van der Waals surface area contributed by atoms with Gasteiger partial charge in [-0.3, -0.25) is 4.79 Å². The van der Waals surface area contributed by atoms with E-state index in [0.717, 1.165) is 32.2 Å². The highest BCUT2D eigenvalue weighted by Gasteiger charge is 2.44. The molecule has 0 spiro atoms. The van der Waals surface area contributed by atoms with Gasteiger partial charge in [-0.1, -0.05) is 24.3 Å². The molecular formula is C14H17NO2. The topological polar surface area (TPSA) is 49.3 Å². The van der Waals surface area contributed by atoms with E-state index in [-0.39, 0.29) is 0 Å². The standard InChI is InChI=1S/C14H17NO2/c16-13(17)14(6-3-7-14)15-9-11-8-10-4-1-2-5-12(10)11/h1-2,4-5,11,15H,3,6-9H2,(H,16,17). The number of hydrogen-bond donors (Lipinski definition) is 2. The molecule has 0 aliphatic heterocycles. The fourth-order valence-corrected chi connectivity index (χ4v) is 2.86. The molecule has 0 amide bonds. The summed E-state index contributed by atoms with van der Waals surface area (Å²) < 4.78 is 0. The molecule has 3 rings (SSSR count). The first-order chi connectivity index (χ1) is 8.21. The zero-order chi connectivity index (χ0) is 11.9. The molecule has 0 aromatic heterocycles. The Morgan fingerprint density at radius 2 is 2.18 bits per heavy atom. The largest absolute Gasteiger partial charge is 0.480 e. The van der Waals surface area contributed by atoms with Gasteiger partial charge in [0.2, 0.25) is 0 Å². The maximum Gasteiger partial charge on any atom is 0.323 e. The van der Waals surface area contributed by atoms with Gasteiger partial charge in [-0.05, 0) is 36.8 Å². The van der Waals surface area contributed by atoms with Gasteiger partial charge in [0.05, 0.1) is 0 Å². The first-order valence-electron chi connectivity index (χ1n) is 6.27. The molecule has 1 atom stereocenters.